The molecule has 0 aliphatic carbocycles. The van der Waals surface area contributed by atoms with E-state index in [1.807, 2.05) is 65.2 Å². The molecule has 0 spiro atoms. The summed E-state index contributed by atoms with van der Waals surface area (Å²) < 4.78 is 7.35. The van der Waals surface area contributed by atoms with Gasteiger partial charge >= 0.3 is 0 Å². The lowest BCUT2D eigenvalue weighted by atomic mass is 10.1. The molecule has 4 rings (SSSR count). The van der Waals surface area contributed by atoms with Gasteiger partial charge < -0.3 is 10.1 Å². The van der Waals surface area contributed by atoms with Crippen LogP contribution in [-0.4, -0.2) is 16.5 Å². The Kier molecular flexibility index (Phi) is 4.50. The molecule has 2 heterocycles. The highest BCUT2D eigenvalue weighted by Gasteiger charge is 2.15. The molecule has 5 heteroatoms. The third-order valence-electron chi connectivity index (χ3n) is 4.23. The predicted molar refractivity (Wildman–Crippen MR) is 106 cm³/mol. The lowest BCUT2D eigenvalue weighted by molar-refractivity contribution is 0.415. The first-order valence-electron chi connectivity index (χ1n) is 8.34. The number of benzene rings is 2. The molecule has 2 aromatic heterocycles. The normalized spacial score (nSPS) is 10.8. The van der Waals surface area contributed by atoms with Crippen LogP contribution in [0.5, 0.6) is 5.75 Å². The zero-order chi connectivity index (χ0) is 17.9. The van der Waals surface area contributed by atoms with Crippen molar-refractivity contribution in [2.75, 3.05) is 12.4 Å². The molecular formula is C21H18ClN3O. The van der Waals surface area contributed by atoms with Crippen molar-refractivity contribution in [2.24, 2.45) is 0 Å². The second-order valence-electron chi connectivity index (χ2n) is 5.96. The molecule has 0 atom stereocenters. The molecule has 130 valence electrons. The number of anilines is 1. The van der Waals surface area contributed by atoms with Gasteiger partial charge in [0.15, 0.2) is 0 Å². The molecule has 0 bridgehead atoms. The Morgan fingerprint density at radius 2 is 1.88 bits per heavy atom. The minimum atomic E-state index is 0.662. The summed E-state index contributed by atoms with van der Waals surface area (Å²) in [6, 6.07) is 21.9. The number of nitrogens with one attached hydrogen (secondary N) is 1. The average Bonchev–Trinajstić information content (AvgIpc) is 3.05. The highest BCUT2D eigenvalue weighted by Crippen LogP contribution is 2.32. The van der Waals surface area contributed by atoms with E-state index in [0.29, 0.717) is 11.6 Å². The molecule has 0 unspecified atom stereocenters. The van der Waals surface area contributed by atoms with Crippen LogP contribution in [0.25, 0.3) is 16.9 Å². The highest BCUT2D eigenvalue weighted by molar-refractivity contribution is 6.30. The van der Waals surface area contributed by atoms with E-state index in [2.05, 4.69) is 17.4 Å². The zero-order valence-electron chi connectivity index (χ0n) is 14.3. The fraction of sp³-hybridized carbons (Fsp3) is 0.0952. The lowest BCUT2D eigenvalue weighted by Gasteiger charge is -2.10. The number of imidazole rings is 1. The second-order valence-corrected chi connectivity index (χ2v) is 6.39. The van der Waals surface area contributed by atoms with Gasteiger partial charge in [-0.3, -0.25) is 4.40 Å². The molecule has 0 saturated heterocycles. The van der Waals surface area contributed by atoms with E-state index in [0.717, 1.165) is 28.5 Å². The third-order valence-corrected chi connectivity index (χ3v) is 4.45. The van der Waals surface area contributed by atoms with Gasteiger partial charge in [-0.05, 0) is 29.8 Å². The van der Waals surface area contributed by atoms with Crippen LogP contribution in [0, 0.1) is 0 Å². The zero-order valence-corrected chi connectivity index (χ0v) is 15.1. The minimum absolute atomic E-state index is 0.662. The van der Waals surface area contributed by atoms with Gasteiger partial charge in [0.25, 0.3) is 0 Å². The average molecular weight is 364 g/mol. The van der Waals surface area contributed by atoms with Crippen molar-refractivity contribution >= 4 is 23.1 Å². The first-order valence-corrected chi connectivity index (χ1v) is 8.72. The highest BCUT2D eigenvalue weighted by atomic mass is 35.5. The summed E-state index contributed by atoms with van der Waals surface area (Å²) in [7, 11) is 1.66. The Morgan fingerprint density at radius 3 is 2.69 bits per heavy atom. The largest absolute Gasteiger partial charge is 0.497 e. The fourth-order valence-corrected chi connectivity index (χ4v) is 3.10. The number of pyridine rings is 1. The van der Waals surface area contributed by atoms with Crippen molar-refractivity contribution in [3.8, 4) is 17.0 Å². The molecular weight excluding hydrogens is 346 g/mol. The van der Waals surface area contributed by atoms with Gasteiger partial charge in [-0.1, -0.05) is 54.1 Å². The van der Waals surface area contributed by atoms with Crippen molar-refractivity contribution in [3.63, 3.8) is 0 Å². The standard InChI is InChI=1S/C21H18ClN3O/c1-26-18-9-5-8-16(12-18)20-21(23-13-15-6-3-2-4-7-15)25-14-17(22)10-11-19(25)24-20/h2-12,14,23H,13H2,1H3. The van der Waals surface area contributed by atoms with Crippen LogP contribution in [0.3, 0.4) is 0 Å². The number of rotatable bonds is 5. The first-order chi connectivity index (χ1) is 12.7. The molecule has 0 saturated carbocycles. The lowest BCUT2D eigenvalue weighted by Crippen LogP contribution is -2.03. The van der Waals surface area contributed by atoms with E-state index in [9.17, 15) is 0 Å². The fourth-order valence-electron chi connectivity index (χ4n) is 2.94. The van der Waals surface area contributed by atoms with Crippen molar-refractivity contribution in [3.05, 3.63) is 83.5 Å². The van der Waals surface area contributed by atoms with Crippen molar-refractivity contribution in [1.82, 2.24) is 9.38 Å². The molecule has 0 radical (unpaired) electrons. The predicted octanol–water partition coefficient (Wildman–Crippen LogP) is 5.28. The summed E-state index contributed by atoms with van der Waals surface area (Å²) in [6.45, 7) is 0.693. The molecule has 0 amide bonds. The number of fused-ring (bicyclic) bond motifs is 1. The topological polar surface area (TPSA) is 38.6 Å². The Morgan fingerprint density at radius 1 is 1.04 bits per heavy atom. The van der Waals surface area contributed by atoms with Crippen LogP contribution in [0.15, 0.2) is 72.9 Å². The maximum atomic E-state index is 6.21. The summed E-state index contributed by atoms with van der Waals surface area (Å²) >= 11 is 6.21. The summed E-state index contributed by atoms with van der Waals surface area (Å²) in [6.07, 6.45) is 1.88. The van der Waals surface area contributed by atoms with Crippen LogP contribution in [-0.2, 0) is 6.54 Å². The summed E-state index contributed by atoms with van der Waals surface area (Å²) in [5, 5.41) is 4.18. The smallest absolute Gasteiger partial charge is 0.139 e. The van der Waals surface area contributed by atoms with Crippen molar-refractivity contribution < 1.29 is 4.74 Å². The number of aromatic nitrogens is 2. The minimum Gasteiger partial charge on any atom is -0.497 e. The quantitative estimate of drug-likeness (QED) is 0.524. The number of halogens is 1. The van der Waals surface area contributed by atoms with Crippen molar-refractivity contribution in [2.45, 2.75) is 6.54 Å². The molecule has 2 aromatic carbocycles. The van der Waals surface area contributed by atoms with E-state index in [1.165, 1.54) is 5.56 Å². The van der Waals surface area contributed by atoms with E-state index in [1.54, 1.807) is 7.11 Å². The Bertz CT molecular complexity index is 1040. The number of ether oxygens (including phenoxy) is 1. The van der Waals surface area contributed by atoms with E-state index < -0.39 is 0 Å². The van der Waals surface area contributed by atoms with Crippen LogP contribution in [0.1, 0.15) is 5.56 Å². The number of hydrogen-bond acceptors (Lipinski definition) is 3. The van der Waals surface area contributed by atoms with Gasteiger partial charge in [-0.2, -0.15) is 0 Å². The third kappa shape index (κ3) is 3.24. The summed E-state index contributed by atoms with van der Waals surface area (Å²) in [5.41, 5.74) is 3.88. The molecule has 0 aliphatic heterocycles. The number of hydrogen-bond donors (Lipinski definition) is 1. The van der Waals surface area contributed by atoms with Gasteiger partial charge in [-0.15, -0.1) is 0 Å². The van der Waals surface area contributed by atoms with Crippen LogP contribution in [0.2, 0.25) is 5.02 Å². The van der Waals surface area contributed by atoms with Crippen LogP contribution < -0.4 is 10.1 Å². The molecule has 1 N–H and O–H groups in total. The SMILES string of the molecule is COc1cccc(-c2nc3ccc(Cl)cn3c2NCc2ccccc2)c1. The molecule has 0 fully saturated rings. The number of nitrogens with zero attached hydrogens (tertiary/aromatic N) is 2. The number of methoxy groups -OCH3 is 1. The Labute approximate surface area is 157 Å². The maximum absolute atomic E-state index is 6.21. The monoisotopic (exact) mass is 363 g/mol. The maximum Gasteiger partial charge on any atom is 0.139 e. The second kappa shape index (κ2) is 7.10. The Balaban J connectivity index is 1.80. The summed E-state index contributed by atoms with van der Waals surface area (Å²) in [5.74, 6) is 1.70. The van der Waals surface area contributed by atoms with Gasteiger partial charge in [0.2, 0.25) is 0 Å². The van der Waals surface area contributed by atoms with Gasteiger partial charge in [0.05, 0.1) is 12.1 Å². The Hall–Kier alpha value is -2.98. The van der Waals surface area contributed by atoms with Crippen LogP contribution >= 0.6 is 11.6 Å². The van der Waals surface area contributed by atoms with E-state index in [-0.39, 0.29) is 0 Å². The van der Waals surface area contributed by atoms with Crippen LogP contribution in [0.4, 0.5) is 5.82 Å². The molecule has 4 nitrogen and oxygen atoms in total. The van der Waals surface area contributed by atoms with Crippen molar-refractivity contribution in [1.29, 1.82) is 0 Å². The van der Waals surface area contributed by atoms with E-state index >= 15 is 0 Å². The molecule has 4 aromatic rings. The van der Waals surface area contributed by atoms with Gasteiger partial charge in [0, 0.05) is 18.3 Å². The van der Waals surface area contributed by atoms with Gasteiger partial charge in [-0.25, -0.2) is 4.98 Å². The summed E-state index contributed by atoms with van der Waals surface area (Å²) in [4.78, 5) is 4.80. The molecule has 26 heavy (non-hydrogen) atoms. The first kappa shape index (κ1) is 16.5. The van der Waals surface area contributed by atoms with E-state index in [4.69, 9.17) is 21.3 Å². The molecule has 0 aliphatic rings. The van der Waals surface area contributed by atoms with Gasteiger partial charge in [0.1, 0.15) is 22.9 Å².